The quantitative estimate of drug-likeness (QED) is 0.906. The van der Waals surface area contributed by atoms with Crippen molar-refractivity contribution < 1.29 is 4.79 Å². The van der Waals surface area contributed by atoms with E-state index in [1.54, 1.807) is 6.07 Å². The van der Waals surface area contributed by atoms with Gasteiger partial charge in [0.15, 0.2) is 0 Å². The van der Waals surface area contributed by atoms with Crippen LogP contribution in [-0.4, -0.2) is 15.7 Å². The lowest BCUT2D eigenvalue weighted by molar-refractivity contribution is -0.117. The van der Waals surface area contributed by atoms with Gasteiger partial charge in [0, 0.05) is 18.0 Å². The molecule has 0 aliphatic heterocycles. The Kier molecular flexibility index (Phi) is 3.75. The summed E-state index contributed by atoms with van der Waals surface area (Å²) in [6, 6.07) is 8.68. The zero-order valence-corrected chi connectivity index (χ0v) is 10.9. The molecule has 1 aromatic heterocycles. The van der Waals surface area contributed by atoms with Crippen LogP contribution in [0.15, 0.2) is 41.3 Å². The van der Waals surface area contributed by atoms with Crippen LogP contribution in [0.1, 0.15) is 11.1 Å². The number of anilines is 1. The monoisotopic (exact) mass is 257 g/mol. The van der Waals surface area contributed by atoms with Gasteiger partial charge in [0.2, 0.25) is 5.91 Å². The standard InChI is InChI=1S/C14H15N3O2/c1-10-5-6-12(11(2)8-10)16-13(18)9-17-14(19)4-3-7-15-17/h3-8H,9H2,1-2H3,(H,16,18). The Bertz CT molecular complexity index is 662. The maximum atomic E-state index is 11.9. The number of aromatic nitrogens is 2. The number of nitrogens with one attached hydrogen (secondary N) is 1. The highest BCUT2D eigenvalue weighted by Crippen LogP contribution is 2.15. The Labute approximate surface area is 110 Å². The molecule has 0 spiro atoms. The molecule has 2 aromatic rings. The second kappa shape index (κ2) is 5.48. The molecule has 5 heteroatoms. The molecule has 98 valence electrons. The summed E-state index contributed by atoms with van der Waals surface area (Å²) in [4.78, 5) is 23.3. The van der Waals surface area contributed by atoms with E-state index in [0.29, 0.717) is 0 Å². The molecule has 0 radical (unpaired) electrons. The largest absolute Gasteiger partial charge is 0.324 e. The fourth-order valence-electron chi connectivity index (χ4n) is 1.79. The van der Waals surface area contributed by atoms with E-state index in [2.05, 4.69) is 10.4 Å². The first-order valence-electron chi connectivity index (χ1n) is 5.95. The molecular weight excluding hydrogens is 242 g/mol. The highest BCUT2D eigenvalue weighted by atomic mass is 16.2. The van der Waals surface area contributed by atoms with Gasteiger partial charge in [-0.2, -0.15) is 5.10 Å². The van der Waals surface area contributed by atoms with Crippen LogP contribution < -0.4 is 10.9 Å². The molecule has 5 nitrogen and oxygen atoms in total. The molecule has 2 rings (SSSR count). The van der Waals surface area contributed by atoms with Crippen molar-refractivity contribution in [2.75, 3.05) is 5.32 Å². The number of carbonyl (C=O) groups excluding carboxylic acids is 1. The first kappa shape index (κ1) is 13.0. The zero-order chi connectivity index (χ0) is 13.8. The third-order valence-corrected chi connectivity index (χ3v) is 2.73. The van der Waals surface area contributed by atoms with Crippen molar-refractivity contribution in [2.45, 2.75) is 20.4 Å². The van der Waals surface area contributed by atoms with Crippen molar-refractivity contribution in [3.8, 4) is 0 Å². The van der Waals surface area contributed by atoms with Crippen LogP contribution in [0.5, 0.6) is 0 Å². The summed E-state index contributed by atoms with van der Waals surface area (Å²) in [5, 5.41) is 6.61. The maximum Gasteiger partial charge on any atom is 0.267 e. The number of hydrogen-bond acceptors (Lipinski definition) is 3. The molecule has 1 aromatic carbocycles. The average Bonchev–Trinajstić information content (AvgIpc) is 2.36. The second-order valence-corrected chi connectivity index (χ2v) is 4.39. The van der Waals surface area contributed by atoms with Gasteiger partial charge in [-0.3, -0.25) is 9.59 Å². The van der Waals surface area contributed by atoms with Crippen molar-refractivity contribution in [2.24, 2.45) is 0 Å². The topological polar surface area (TPSA) is 64.0 Å². The lowest BCUT2D eigenvalue weighted by Crippen LogP contribution is -2.28. The van der Waals surface area contributed by atoms with Crippen molar-refractivity contribution in [1.82, 2.24) is 9.78 Å². The van der Waals surface area contributed by atoms with E-state index in [1.807, 2.05) is 32.0 Å². The molecule has 0 unspecified atom stereocenters. The lowest BCUT2D eigenvalue weighted by Gasteiger charge is -2.09. The van der Waals surface area contributed by atoms with Crippen LogP contribution in [0.3, 0.4) is 0 Å². The Morgan fingerprint density at radius 1 is 1.32 bits per heavy atom. The second-order valence-electron chi connectivity index (χ2n) is 4.39. The molecule has 0 fully saturated rings. The molecular formula is C14H15N3O2. The minimum atomic E-state index is -0.293. The van der Waals surface area contributed by atoms with Gasteiger partial charge < -0.3 is 5.32 Å². The predicted molar refractivity (Wildman–Crippen MR) is 73.0 cm³/mol. The van der Waals surface area contributed by atoms with Gasteiger partial charge >= 0.3 is 0 Å². The van der Waals surface area contributed by atoms with Gasteiger partial charge in [-0.15, -0.1) is 0 Å². The van der Waals surface area contributed by atoms with Crippen LogP contribution in [0.2, 0.25) is 0 Å². The van der Waals surface area contributed by atoms with E-state index in [4.69, 9.17) is 0 Å². The lowest BCUT2D eigenvalue weighted by atomic mass is 10.1. The van der Waals surface area contributed by atoms with Gasteiger partial charge in [0.05, 0.1) is 0 Å². The number of benzene rings is 1. The van der Waals surface area contributed by atoms with Crippen LogP contribution in [0, 0.1) is 13.8 Å². The van der Waals surface area contributed by atoms with E-state index in [1.165, 1.54) is 12.3 Å². The van der Waals surface area contributed by atoms with Crippen LogP contribution in [0.25, 0.3) is 0 Å². The fourth-order valence-corrected chi connectivity index (χ4v) is 1.79. The number of nitrogens with zero attached hydrogens (tertiary/aromatic N) is 2. The number of carbonyl (C=O) groups is 1. The summed E-state index contributed by atoms with van der Waals surface area (Å²) >= 11 is 0. The SMILES string of the molecule is Cc1ccc(NC(=O)Cn2ncccc2=O)c(C)c1. The third kappa shape index (κ3) is 3.28. The smallest absolute Gasteiger partial charge is 0.267 e. The van der Waals surface area contributed by atoms with Gasteiger partial charge in [-0.25, -0.2) is 4.68 Å². The zero-order valence-electron chi connectivity index (χ0n) is 10.9. The van der Waals surface area contributed by atoms with Crippen molar-refractivity contribution >= 4 is 11.6 Å². The van der Waals surface area contributed by atoms with Gasteiger partial charge in [0.25, 0.3) is 5.56 Å². The van der Waals surface area contributed by atoms with E-state index in [0.717, 1.165) is 21.5 Å². The highest BCUT2D eigenvalue weighted by molar-refractivity contribution is 5.91. The summed E-state index contributed by atoms with van der Waals surface area (Å²) in [7, 11) is 0. The molecule has 1 N–H and O–H groups in total. The summed E-state index contributed by atoms with van der Waals surface area (Å²) in [5.74, 6) is -0.271. The minimum absolute atomic E-state index is 0.0903. The third-order valence-electron chi connectivity index (χ3n) is 2.73. The Balaban J connectivity index is 2.10. The summed E-state index contributed by atoms with van der Waals surface area (Å²) in [6.07, 6.45) is 1.48. The van der Waals surface area contributed by atoms with Crippen LogP contribution >= 0.6 is 0 Å². The van der Waals surface area contributed by atoms with Crippen LogP contribution in [-0.2, 0) is 11.3 Å². The number of amides is 1. The van der Waals surface area contributed by atoms with E-state index >= 15 is 0 Å². The summed E-state index contributed by atoms with van der Waals surface area (Å²) < 4.78 is 1.12. The highest BCUT2D eigenvalue weighted by Gasteiger charge is 2.07. The Morgan fingerprint density at radius 2 is 2.11 bits per heavy atom. The summed E-state index contributed by atoms with van der Waals surface area (Å²) in [5.41, 5.74) is 2.58. The van der Waals surface area contributed by atoms with E-state index < -0.39 is 0 Å². The fraction of sp³-hybridized carbons (Fsp3) is 0.214. The van der Waals surface area contributed by atoms with Crippen molar-refractivity contribution in [3.63, 3.8) is 0 Å². The van der Waals surface area contributed by atoms with Crippen molar-refractivity contribution in [1.29, 1.82) is 0 Å². The van der Waals surface area contributed by atoms with E-state index in [-0.39, 0.29) is 18.0 Å². The summed E-state index contributed by atoms with van der Waals surface area (Å²) in [6.45, 7) is 3.83. The Morgan fingerprint density at radius 3 is 2.79 bits per heavy atom. The first-order valence-corrected chi connectivity index (χ1v) is 5.95. The number of hydrogen-bond donors (Lipinski definition) is 1. The Hall–Kier alpha value is -2.43. The molecule has 1 amide bonds. The molecule has 0 atom stereocenters. The molecule has 1 heterocycles. The normalized spacial score (nSPS) is 10.2. The van der Waals surface area contributed by atoms with Crippen LogP contribution in [0.4, 0.5) is 5.69 Å². The van der Waals surface area contributed by atoms with Gasteiger partial charge in [0.1, 0.15) is 6.54 Å². The molecule has 0 aliphatic rings. The average molecular weight is 257 g/mol. The predicted octanol–water partition coefficient (Wildman–Crippen LogP) is 1.50. The van der Waals surface area contributed by atoms with Gasteiger partial charge in [-0.1, -0.05) is 17.7 Å². The van der Waals surface area contributed by atoms with Gasteiger partial charge in [-0.05, 0) is 31.5 Å². The first-order chi connectivity index (χ1) is 9.06. The number of rotatable bonds is 3. The number of aryl methyl sites for hydroxylation is 2. The van der Waals surface area contributed by atoms with E-state index in [9.17, 15) is 9.59 Å². The molecule has 0 bridgehead atoms. The molecule has 0 saturated heterocycles. The minimum Gasteiger partial charge on any atom is -0.324 e. The molecule has 0 aliphatic carbocycles. The molecule has 0 saturated carbocycles. The molecule has 19 heavy (non-hydrogen) atoms. The van der Waals surface area contributed by atoms with Crippen molar-refractivity contribution in [3.05, 3.63) is 58.0 Å². The maximum absolute atomic E-state index is 11.9.